The number of aliphatic imine (C=N–C) groups is 1. The summed E-state index contributed by atoms with van der Waals surface area (Å²) in [6, 6.07) is 9.90. The molecule has 6 nitrogen and oxygen atoms in total. The minimum Gasteiger partial charge on any atom is -0.465 e. The molecule has 0 saturated carbocycles. The van der Waals surface area contributed by atoms with E-state index in [4.69, 9.17) is 14.2 Å². The number of hydrogen-bond acceptors (Lipinski definition) is 6. The van der Waals surface area contributed by atoms with Gasteiger partial charge < -0.3 is 14.2 Å². The molecular formula is C15H9NO5. The monoisotopic (exact) mass is 283 g/mol. The van der Waals surface area contributed by atoms with Crippen LogP contribution < -0.4 is 9.47 Å². The molecule has 1 heterocycles. The molecule has 0 atom stereocenters. The van der Waals surface area contributed by atoms with E-state index in [9.17, 15) is 9.59 Å². The first-order chi connectivity index (χ1) is 10.2. The number of esters is 1. The Morgan fingerprint density at radius 1 is 1.14 bits per heavy atom. The number of benzene rings is 2. The molecule has 1 aliphatic rings. The van der Waals surface area contributed by atoms with Gasteiger partial charge in [0.2, 0.25) is 6.08 Å². The van der Waals surface area contributed by atoms with Gasteiger partial charge in [0.1, 0.15) is 5.56 Å². The summed E-state index contributed by atoms with van der Waals surface area (Å²) < 4.78 is 16.1. The molecule has 0 N–H and O–H groups in total. The molecule has 2 aromatic carbocycles. The van der Waals surface area contributed by atoms with Crippen LogP contribution in [0.5, 0.6) is 23.0 Å². The van der Waals surface area contributed by atoms with Gasteiger partial charge in [-0.05, 0) is 18.2 Å². The van der Waals surface area contributed by atoms with Gasteiger partial charge in [0.05, 0.1) is 12.8 Å². The molecule has 0 saturated heterocycles. The molecule has 104 valence electrons. The van der Waals surface area contributed by atoms with E-state index < -0.39 is 5.97 Å². The molecule has 21 heavy (non-hydrogen) atoms. The third kappa shape index (κ3) is 2.24. The van der Waals surface area contributed by atoms with Gasteiger partial charge in [-0.3, -0.25) is 0 Å². The Bertz CT molecular complexity index is 778. The Labute approximate surface area is 119 Å². The second kappa shape index (κ2) is 5.11. The summed E-state index contributed by atoms with van der Waals surface area (Å²) in [5.41, 5.74) is 0.352. The number of fused-ring (bicyclic) bond motifs is 2. The predicted octanol–water partition coefficient (Wildman–Crippen LogP) is 3.34. The van der Waals surface area contributed by atoms with Crippen LogP contribution in [-0.4, -0.2) is 19.2 Å². The van der Waals surface area contributed by atoms with Crippen LogP contribution in [0.25, 0.3) is 0 Å². The number of carbonyl (C=O) groups is 1. The fourth-order valence-corrected chi connectivity index (χ4v) is 1.99. The van der Waals surface area contributed by atoms with Crippen LogP contribution in [0.4, 0.5) is 5.69 Å². The molecule has 0 aliphatic carbocycles. The average Bonchev–Trinajstić information content (AvgIpc) is 2.52. The molecule has 3 rings (SSSR count). The maximum absolute atomic E-state index is 11.9. The molecule has 0 aromatic heterocycles. The minimum atomic E-state index is -0.614. The third-order valence-corrected chi connectivity index (χ3v) is 2.90. The first-order valence-corrected chi connectivity index (χ1v) is 6.02. The molecule has 6 heteroatoms. The number of isocyanates is 1. The Morgan fingerprint density at radius 3 is 2.52 bits per heavy atom. The molecule has 2 aromatic rings. The van der Waals surface area contributed by atoms with Crippen LogP contribution in [0.2, 0.25) is 0 Å². The average molecular weight is 283 g/mol. The van der Waals surface area contributed by atoms with Crippen molar-refractivity contribution >= 4 is 17.7 Å². The maximum Gasteiger partial charge on any atom is 0.341 e. The molecule has 0 unspecified atom stereocenters. The number of methoxy groups -OCH3 is 1. The fraction of sp³-hybridized carbons (Fsp3) is 0.0667. The molecule has 0 bridgehead atoms. The lowest BCUT2D eigenvalue weighted by molar-refractivity contribution is 0.0597. The normalized spacial score (nSPS) is 11.1. The van der Waals surface area contributed by atoms with Crippen LogP contribution in [-0.2, 0) is 9.53 Å². The molecule has 0 spiro atoms. The first kappa shape index (κ1) is 12.9. The summed E-state index contributed by atoms with van der Waals surface area (Å²) in [5, 5.41) is 0. The van der Waals surface area contributed by atoms with Gasteiger partial charge in [0.15, 0.2) is 23.0 Å². The molecular weight excluding hydrogens is 274 g/mol. The first-order valence-electron chi connectivity index (χ1n) is 6.02. The van der Waals surface area contributed by atoms with Crippen molar-refractivity contribution in [3.05, 3.63) is 42.0 Å². The van der Waals surface area contributed by atoms with Crippen molar-refractivity contribution in [3.8, 4) is 23.0 Å². The van der Waals surface area contributed by atoms with Gasteiger partial charge in [-0.15, -0.1) is 0 Å². The summed E-state index contributed by atoms with van der Waals surface area (Å²) in [6.07, 6.45) is 1.42. The van der Waals surface area contributed by atoms with Gasteiger partial charge in [-0.25, -0.2) is 9.59 Å². The van der Waals surface area contributed by atoms with E-state index in [2.05, 4.69) is 4.99 Å². The highest BCUT2D eigenvalue weighted by Gasteiger charge is 2.26. The van der Waals surface area contributed by atoms with E-state index >= 15 is 0 Å². The quantitative estimate of drug-likeness (QED) is 0.409. The SMILES string of the molecule is COC(=O)c1cc(N=C=O)cc2c1Oc1ccccc1O2. The van der Waals surface area contributed by atoms with Crippen molar-refractivity contribution in [2.24, 2.45) is 4.99 Å². The Balaban J connectivity index is 2.17. The Morgan fingerprint density at radius 2 is 1.86 bits per heavy atom. The van der Waals surface area contributed by atoms with E-state index in [0.717, 1.165) is 0 Å². The number of carbonyl (C=O) groups excluding carboxylic acids is 2. The number of nitrogens with zero attached hydrogens (tertiary/aromatic N) is 1. The lowest BCUT2D eigenvalue weighted by Gasteiger charge is -2.22. The number of para-hydroxylation sites is 2. The fourth-order valence-electron chi connectivity index (χ4n) is 1.99. The lowest BCUT2D eigenvalue weighted by Crippen LogP contribution is -2.07. The van der Waals surface area contributed by atoms with Crippen LogP contribution in [0.1, 0.15) is 10.4 Å². The van der Waals surface area contributed by atoms with Gasteiger partial charge in [0.25, 0.3) is 0 Å². The molecule has 0 radical (unpaired) electrons. The van der Waals surface area contributed by atoms with E-state index in [-0.39, 0.29) is 22.7 Å². The Hall–Kier alpha value is -3.11. The number of rotatable bonds is 2. The van der Waals surface area contributed by atoms with Crippen molar-refractivity contribution < 1.29 is 23.8 Å². The summed E-state index contributed by atoms with van der Waals surface area (Å²) in [4.78, 5) is 25.8. The van der Waals surface area contributed by atoms with E-state index in [1.807, 2.05) is 0 Å². The van der Waals surface area contributed by atoms with E-state index in [0.29, 0.717) is 11.5 Å². The molecule has 1 aliphatic heterocycles. The van der Waals surface area contributed by atoms with Gasteiger partial charge in [-0.1, -0.05) is 12.1 Å². The number of ether oxygens (including phenoxy) is 3. The van der Waals surface area contributed by atoms with Crippen molar-refractivity contribution in [2.45, 2.75) is 0 Å². The van der Waals surface area contributed by atoms with Crippen LogP contribution >= 0.6 is 0 Å². The van der Waals surface area contributed by atoms with Crippen molar-refractivity contribution in [1.29, 1.82) is 0 Å². The topological polar surface area (TPSA) is 74.2 Å². The second-order valence-corrected chi connectivity index (χ2v) is 4.17. The highest BCUT2D eigenvalue weighted by Crippen LogP contribution is 2.48. The smallest absolute Gasteiger partial charge is 0.341 e. The Kier molecular flexibility index (Phi) is 3.14. The van der Waals surface area contributed by atoms with E-state index in [1.165, 1.54) is 25.3 Å². The molecule has 0 amide bonds. The van der Waals surface area contributed by atoms with Crippen LogP contribution in [0.3, 0.4) is 0 Å². The lowest BCUT2D eigenvalue weighted by atomic mass is 10.1. The minimum absolute atomic E-state index is 0.124. The highest BCUT2D eigenvalue weighted by atomic mass is 16.6. The predicted molar refractivity (Wildman–Crippen MR) is 72.2 cm³/mol. The van der Waals surface area contributed by atoms with Crippen LogP contribution in [0.15, 0.2) is 41.4 Å². The number of hydrogen-bond donors (Lipinski definition) is 0. The maximum atomic E-state index is 11.9. The molecule has 0 fully saturated rings. The zero-order valence-electron chi connectivity index (χ0n) is 11.0. The third-order valence-electron chi connectivity index (χ3n) is 2.90. The largest absolute Gasteiger partial charge is 0.465 e. The highest BCUT2D eigenvalue weighted by molar-refractivity contribution is 5.95. The zero-order chi connectivity index (χ0) is 14.8. The summed E-state index contributed by atoms with van der Waals surface area (Å²) in [6.45, 7) is 0. The van der Waals surface area contributed by atoms with Crippen LogP contribution in [0, 0.1) is 0 Å². The summed E-state index contributed by atoms with van der Waals surface area (Å²) in [7, 11) is 1.25. The van der Waals surface area contributed by atoms with Crippen molar-refractivity contribution in [3.63, 3.8) is 0 Å². The summed E-state index contributed by atoms with van der Waals surface area (Å²) in [5.74, 6) is 0.892. The van der Waals surface area contributed by atoms with E-state index in [1.54, 1.807) is 24.3 Å². The second-order valence-electron chi connectivity index (χ2n) is 4.17. The van der Waals surface area contributed by atoms with Crippen molar-refractivity contribution in [2.75, 3.05) is 7.11 Å². The van der Waals surface area contributed by atoms with Gasteiger partial charge >= 0.3 is 5.97 Å². The van der Waals surface area contributed by atoms with Gasteiger partial charge in [0, 0.05) is 6.07 Å². The van der Waals surface area contributed by atoms with Crippen molar-refractivity contribution in [1.82, 2.24) is 0 Å². The standard InChI is InChI=1S/C15H9NO5/c1-19-15(18)10-6-9(16-8-17)7-13-14(10)21-12-5-3-2-4-11(12)20-13/h2-7H,1H3. The van der Waals surface area contributed by atoms with Gasteiger partial charge in [-0.2, -0.15) is 4.99 Å². The zero-order valence-corrected chi connectivity index (χ0v) is 11.0. The summed E-state index contributed by atoms with van der Waals surface area (Å²) >= 11 is 0.